The van der Waals surface area contributed by atoms with E-state index < -0.39 is 5.97 Å². The van der Waals surface area contributed by atoms with Crippen molar-refractivity contribution < 1.29 is 9.90 Å². The Bertz CT molecular complexity index is 450. The minimum absolute atomic E-state index is 0. The van der Waals surface area contributed by atoms with Crippen molar-refractivity contribution in [2.24, 2.45) is 5.41 Å². The van der Waals surface area contributed by atoms with Gasteiger partial charge in [0, 0.05) is 12.1 Å². The lowest BCUT2D eigenvalue weighted by Crippen LogP contribution is -2.42. The molecule has 0 bridgehead atoms. The number of benzene rings is 1. The van der Waals surface area contributed by atoms with Gasteiger partial charge in [-0.1, -0.05) is 39.0 Å². The quantitative estimate of drug-likeness (QED) is 0.860. The van der Waals surface area contributed by atoms with Crippen molar-refractivity contribution in [2.75, 3.05) is 0 Å². The highest BCUT2D eigenvalue weighted by Gasteiger charge is 2.25. The van der Waals surface area contributed by atoms with Crippen molar-refractivity contribution in [3.63, 3.8) is 0 Å². The van der Waals surface area contributed by atoms with E-state index in [1.54, 1.807) is 12.1 Å². The molecular formula is C16H26ClNO2. The smallest absolute Gasteiger partial charge is 0.336 e. The molecule has 1 aromatic carbocycles. The van der Waals surface area contributed by atoms with Gasteiger partial charge in [-0.3, -0.25) is 0 Å². The van der Waals surface area contributed by atoms with Crippen LogP contribution in [0, 0.1) is 5.41 Å². The minimum Gasteiger partial charge on any atom is -0.478 e. The molecule has 0 spiro atoms. The molecule has 0 fully saturated rings. The van der Waals surface area contributed by atoms with Crippen LogP contribution in [-0.2, 0) is 6.54 Å². The predicted octanol–water partition coefficient (Wildman–Crippen LogP) is 4.11. The average molecular weight is 300 g/mol. The van der Waals surface area contributed by atoms with Crippen LogP contribution in [-0.4, -0.2) is 16.6 Å². The van der Waals surface area contributed by atoms with E-state index in [2.05, 4.69) is 39.9 Å². The highest BCUT2D eigenvalue weighted by atomic mass is 35.5. The zero-order valence-electron chi connectivity index (χ0n) is 13.0. The van der Waals surface area contributed by atoms with E-state index in [0.717, 1.165) is 12.0 Å². The summed E-state index contributed by atoms with van der Waals surface area (Å²) in [6, 6.07) is 7.15. The van der Waals surface area contributed by atoms with E-state index in [-0.39, 0.29) is 23.4 Å². The maximum Gasteiger partial charge on any atom is 0.336 e. The second kappa shape index (κ2) is 7.09. The van der Waals surface area contributed by atoms with Gasteiger partial charge >= 0.3 is 5.97 Å². The van der Waals surface area contributed by atoms with Crippen LogP contribution in [0.1, 0.15) is 57.0 Å². The fourth-order valence-electron chi connectivity index (χ4n) is 2.61. The fraction of sp³-hybridized carbons (Fsp3) is 0.562. The van der Waals surface area contributed by atoms with Gasteiger partial charge < -0.3 is 10.4 Å². The molecule has 0 aromatic heterocycles. The number of carboxylic acid groups (broad SMARTS) is 1. The van der Waals surface area contributed by atoms with Gasteiger partial charge in [-0.25, -0.2) is 4.79 Å². The van der Waals surface area contributed by atoms with Crippen LogP contribution in [0.5, 0.6) is 0 Å². The van der Waals surface area contributed by atoms with E-state index in [1.165, 1.54) is 0 Å². The third kappa shape index (κ3) is 6.40. The van der Waals surface area contributed by atoms with Gasteiger partial charge in [-0.2, -0.15) is 0 Å². The Labute approximate surface area is 128 Å². The topological polar surface area (TPSA) is 49.3 Å². The summed E-state index contributed by atoms with van der Waals surface area (Å²) < 4.78 is 0. The fourth-order valence-corrected chi connectivity index (χ4v) is 2.61. The van der Waals surface area contributed by atoms with E-state index in [9.17, 15) is 4.79 Å². The first-order valence-electron chi connectivity index (χ1n) is 6.67. The summed E-state index contributed by atoms with van der Waals surface area (Å²) in [5, 5.41) is 12.6. The predicted molar refractivity (Wildman–Crippen MR) is 85.6 cm³/mol. The van der Waals surface area contributed by atoms with E-state index in [1.807, 2.05) is 12.1 Å². The molecule has 4 heteroatoms. The number of nitrogens with one attached hydrogen (secondary N) is 1. The Morgan fingerprint density at radius 1 is 1.15 bits per heavy atom. The minimum atomic E-state index is -0.869. The summed E-state index contributed by atoms with van der Waals surface area (Å²) in [5.74, 6) is -0.869. The Morgan fingerprint density at radius 3 is 2.20 bits per heavy atom. The Hall–Kier alpha value is -1.06. The van der Waals surface area contributed by atoms with Crippen LogP contribution in [0.15, 0.2) is 24.3 Å². The molecule has 114 valence electrons. The molecule has 0 aliphatic rings. The van der Waals surface area contributed by atoms with Gasteiger partial charge in [0.05, 0.1) is 5.56 Å². The monoisotopic (exact) mass is 299 g/mol. The van der Waals surface area contributed by atoms with Crippen LogP contribution < -0.4 is 5.32 Å². The van der Waals surface area contributed by atoms with Gasteiger partial charge in [0.15, 0.2) is 0 Å². The van der Waals surface area contributed by atoms with Crippen molar-refractivity contribution in [3.8, 4) is 0 Å². The molecule has 1 aromatic rings. The third-order valence-corrected chi connectivity index (χ3v) is 2.98. The molecule has 0 aliphatic heterocycles. The van der Waals surface area contributed by atoms with Crippen molar-refractivity contribution in [2.45, 2.75) is 53.1 Å². The lowest BCUT2D eigenvalue weighted by molar-refractivity contribution is 0.0695. The molecule has 0 atom stereocenters. The highest BCUT2D eigenvalue weighted by Crippen LogP contribution is 2.27. The Morgan fingerprint density at radius 2 is 1.70 bits per heavy atom. The summed E-state index contributed by atoms with van der Waals surface area (Å²) in [6.45, 7) is 11.5. The average Bonchev–Trinajstić information content (AvgIpc) is 2.23. The normalized spacial score (nSPS) is 11.8. The number of carboxylic acids is 1. The molecule has 0 saturated carbocycles. The van der Waals surface area contributed by atoms with Crippen molar-refractivity contribution in [1.82, 2.24) is 5.32 Å². The number of hydrogen-bond acceptors (Lipinski definition) is 2. The lowest BCUT2D eigenvalue weighted by Gasteiger charge is -2.33. The molecule has 0 aliphatic carbocycles. The first kappa shape index (κ1) is 18.9. The van der Waals surface area contributed by atoms with Crippen molar-refractivity contribution in [3.05, 3.63) is 35.4 Å². The molecule has 2 N–H and O–H groups in total. The van der Waals surface area contributed by atoms with Crippen LogP contribution in [0.25, 0.3) is 0 Å². The van der Waals surface area contributed by atoms with Crippen LogP contribution >= 0.6 is 12.4 Å². The second-order valence-corrected chi connectivity index (χ2v) is 6.94. The first-order chi connectivity index (χ1) is 8.61. The van der Waals surface area contributed by atoms with Crippen LogP contribution in [0.4, 0.5) is 0 Å². The highest BCUT2D eigenvalue weighted by molar-refractivity contribution is 5.89. The number of aromatic carboxylic acids is 1. The van der Waals surface area contributed by atoms with Gasteiger partial charge in [0.25, 0.3) is 0 Å². The largest absolute Gasteiger partial charge is 0.478 e. The summed E-state index contributed by atoms with van der Waals surface area (Å²) in [4.78, 5) is 11.1. The summed E-state index contributed by atoms with van der Waals surface area (Å²) in [6.07, 6.45) is 1.02. The summed E-state index contributed by atoms with van der Waals surface area (Å²) in [5.41, 5.74) is 1.42. The summed E-state index contributed by atoms with van der Waals surface area (Å²) >= 11 is 0. The molecule has 0 saturated heterocycles. The Balaban J connectivity index is 0.00000361. The van der Waals surface area contributed by atoms with E-state index >= 15 is 0 Å². The third-order valence-electron chi connectivity index (χ3n) is 2.98. The number of rotatable bonds is 5. The summed E-state index contributed by atoms with van der Waals surface area (Å²) in [7, 11) is 0. The number of halogens is 1. The van der Waals surface area contributed by atoms with Crippen molar-refractivity contribution in [1.29, 1.82) is 0 Å². The lowest BCUT2D eigenvalue weighted by atomic mass is 9.81. The van der Waals surface area contributed by atoms with Gasteiger partial charge in [-0.05, 0) is 37.3 Å². The van der Waals surface area contributed by atoms with Gasteiger partial charge in [-0.15, -0.1) is 12.4 Å². The molecular weight excluding hydrogens is 274 g/mol. The maximum atomic E-state index is 11.1. The SMILES string of the molecule is CC(C)(C)CC(C)(C)NCc1ccccc1C(=O)O.Cl. The molecule has 0 heterocycles. The first-order valence-corrected chi connectivity index (χ1v) is 6.67. The van der Waals surface area contributed by atoms with Gasteiger partial charge in [0.1, 0.15) is 0 Å². The van der Waals surface area contributed by atoms with E-state index in [0.29, 0.717) is 12.1 Å². The van der Waals surface area contributed by atoms with Crippen molar-refractivity contribution >= 4 is 18.4 Å². The molecule has 0 amide bonds. The van der Waals surface area contributed by atoms with E-state index in [4.69, 9.17) is 5.11 Å². The Kier molecular flexibility index (Phi) is 6.72. The van der Waals surface area contributed by atoms with Crippen LogP contribution in [0.3, 0.4) is 0 Å². The molecule has 3 nitrogen and oxygen atoms in total. The second-order valence-electron chi connectivity index (χ2n) is 6.94. The molecule has 0 unspecified atom stereocenters. The van der Waals surface area contributed by atoms with Gasteiger partial charge in [0.2, 0.25) is 0 Å². The molecule has 0 radical (unpaired) electrons. The van der Waals surface area contributed by atoms with Crippen LogP contribution in [0.2, 0.25) is 0 Å². The number of carbonyl (C=O) groups is 1. The molecule has 20 heavy (non-hydrogen) atoms. The standard InChI is InChI=1S/C16H25NO2.ClH/c1-15(2,3)11-16(4,5)17-10-12-8-6-7-9-13(12)14(18)19;/h6-9,17H,10-11H2,1-5H3,(H,18,19);1H. The zero-order valence-corrected chi connectivity index (χ0v) is 13.8. The maximum absolute atomic E-state index is 11.1. The number of hydrogen-bond donors (Lipinski definition) is 2. The zero-order chi connectivity index (χ0) is 14.7. The molecule has 1 rings (SSSR count).